The molecule has 1 aromatic carbocycles. The Morgan fingerprint density at radius 2 is 1.90 bits per heavy atom. The molecule has 48 heavy (non-hydrogen) atoms. The summed E-state index contributed by atoms with van der Waals surface area (Å²) in [5.41, 5.74) is 4.88. The number of nitrogens with zero attached hydrogens (tertiary/aromatic N) is 2. The minimum Gasteiger partial charge on any atom is -0.358 e. The van der Waals surface area contributed by atoms with Crippen LogP contribution in [0, 0.1) is 13.8 Å². The summed E-state index contributed by atoms with van der Waals surface area (Å²) in [5, 5.41) is 8.44. The molecule has 12 nitrogen and oxygen atoms in total. The van der Waals surface area contributed by atoms with Crippen molar-refractivity contribution in [1.82, 2.24) is 20.5 Å². The number of aromatic amines is 1. The lowest BCUT2D eigenvalue weighted by atomic mass is 10.0. The average molecular weight is 715 g/mol. The summed E-state index contributed by atoms with van der Waals surface area (Å²) >= 11 is 0.726. The Hall–Kier alpha value is -3.63. The van der Waals surface area contributed by atoms with Crippen LogP contribution in [0.1, 0.15) is 84.2 Å². The summed E-state index contributed by atoms with van der Waals surface area (Å²) in [6, 6.07) is 6.11. The first-order valence-electron chi connectivity index (χ1n) is 16.0. The number of sulfone groups is 1. The van der Waals surface area contributed by atoms with Crippen LogP contribution in [-0.4, -0.2) is 82.7 Å². The number of aromatic nitrogens is 1. The Morgan fingerprint density at radius 3 is 2.58 bits per heavy atom. The molecule has 15 heteroatoms. The van der Waals surface area contributed by atoms with E-state index in [0.717, 1.165) is 31.0 Å². The molecule has 2 aliphatic heterocycles. The lowest BCUT2D eigenvalue weighted by Gasteiger charge is -2.27. The summed E-state index contributed by atoms with van der Waals surface area (Å²) < 4.78 is 56.5. The monoisotopic (exact) mass is 714 g/mol. The van der Waals surface area contributed by atoms with Gasteiger partial charge >= 0.3 is 0 Å². The molecule has 0 saturated carbocycles. The Morgan fingerprint density at radius 1 is 1.17 bits per heavy atom. The molecule has 3 aromatic rings. The van der Waals surface area contributed by atoms with Gasteiger partial charge in [0.25, 0.3) is 21.8 Å². The van der Waals surface area contributed by atoms with Crippen LogP contribution < -0.4 is 16.0 Å². The van der Waals surface area contributed by atoms with Crippen molar-refractivity contribution in [3.8, 4) is 0 Å². The number of H-pyrrole nitrogens is 1. The quantitative estimate of drug-likeness (QED) is 0.159. The predicted molar refractivity (Wildman–Crippen MR) is 190 cm³/mol. The summed E-state index contributed by atoms with van der Waals surface area (Å²) in [6.07, 6.45) is 3.23. The number of amides is 2. The molecule has 4 heterocycles. The van der Waals surface area contributed by atoms with Crippen LogP contribution in [-0.2, 0) is 24.7 Å². The number of rotatable bonds is 12. The third-order valence-corrected chi connectivity index (χ3v) is 14.5. The van der Waals surface area contributed by atoms with E-state index < -0.39 is 25.1 Å². The molecule has 0 aliphatic carbocycles. The molecule has 2 aliphatic rings. The largest absolute Gasteiger partial charge is 0.358 e. The van der Waals surface area contributed by atoms with Gasteiger partial charge in [0.1, 0.15) is 8.42 Å². The molecule has 2 atom stereocenters. The van der Waals surface area contributed by atoms with Gasteiger partial charge in [-0.3, -0.25) is 9.59 Å². The van der Waals surface area contributed by atoms with Gasteiger partial charge in [0.15, 0.2) is 9.84 Å². The van der Waals surface area contributed by atoms with Crippen molar-refractivity contribution in [2.24, 2.45) is 4.40 Å². The van der Waals surface area contributed by atoms with E-state index in [1.165, 1.54) is 12.3 Å². The first kappa shape index (κ1) is 35.7. The number of carbonyl (C=O) groups is 2. The molecule has 0 fully saturated rings. The number of likely N-dealkylation sites (N-methyl/N-ethyl adjacent to an activating group) is 1. The number of fused-ring (bicyclic) bond motifs is 2. The number of aryl methyl sites for hydroxylation is 1. The number of hydrogen-bond donors (Lipinski definition) is 4. The summed E-state index contributed by atoms with van der Waals surface area (Å²) in [7, 11) is -7.87. The van der Waals surface area contributed by atoms with E-state index >= 15 is 0 Å². The van der Waals surface area contributed by atoms with Crippen LogP contribution in [0.3, 0.4) is 0 Å². The molecular weight excluding hydrogens is 673 g/mol. The summed E-state index contributed by atoms with van der Waals surface area (Å²) in [4.78, 5) is 31.5. The SMILES string of the molecule is CCN[C@H]1C[C@H](C)S(=O)(=O)c2sc(S(=O)(=O)/N=C/c3ccc4c(c3)/C(=C/c3[nH]c(C)c(C(=O)NCCN(CC)CC)c3C)C(=O)N4)cc21. The van der Waals surface area contributed by atoms with E-state index in [1.54, 1.807) is 31.2 Å². The minimum atomic E-state index is -4.22. The molecular formula is C33H42N6O6S3. The fourth-order valence-electron chi connectivity index (χ4n) is 6.14. The smallest absolute Gasteiger partial charge is 0.291 e. The van der Waals surface area contributed by atoms with Gasteiger partial charge in [-0.05, 0) is 82.2 Å². The maximum atomic E-state index is 13.3. The van der Waals surface area contributed by atoms with Crippen molar-refractivity contribution in [2.75, 3.05) is 38.0 Å². The number of hydrogen-bond acceptors (Lipinski definition) is 9. The molecule has 2 amide bonds. The fourth-order valence-corrected chi connectivity index (χ4v) is 11.0. The van der Waals surface area contributed by atoms with Gasteiger partial charge in [-0.2, -0.15) is 12.8 Å². The van der Waals surface area contributed by atoms with Crippen LogP contribution in [0.4, 0.5) is 5.69 Å². The van der Waals surface area contributed by atoms with E-state index in [1.807, 2.05) is 20.8 Å². The average Bonchev–Trinajstić information content (AvgIpc) is 3.71. The Kier molecular flexibility index (Phi) is 10.5. The van der Waals surface area contributed by atoms with Gasteiger partial charge < -0.3 is 25.8 Å². The number of anilines is 1. The lowest BCUT2D eigenvalue weighted by molar-refractivity contribution is -0.110. The summed E-state index contributed by atoms with van der Waals surface area (Å²) in [5.74, 6) is -0.525. The van der Waals surface area contributed by atoms with Crippen molar-refractivity contribution in [3.05, 3.63) is 63.5 Å². The molecule has 258 valence electrons. The zero-order valence-electron chi connectivity index (χ0n) is 27.9. The van der Waals surface area contributed by atoms with Gasteiger partial charge in [-0.25, -0.2) is 8.42 Å². The number of nitrogens with one attached hydrogen (secondary N) is 4. The molecule has 0 radical (unpaired) electrons. The number of thiophene rings is 1. The minimum absolute atomic E-state index is 0.0630. The Labute approximate surface area is 286 Å². The van der Waals surface area contributed by atoms with Gasteiger partial charge in [-0.15, -0.1) is 11.3 Å². The maximum absolute atomic E-state index is 13.3. The van der Waals surface area contributed by atoms with Crippen LogP contribution >= 0.6 is 11.3 Å². The molecule has 5 rings (SSSR count). The van der Waals surface area contributed by atoms with Crippen molar-refractivity contribution < 1.29 is 26.4 Å². The fraction of sp³-hybridized carbons (Fsp3) is 0.424. The van der Waals surface area contributed by atoms with Gasteiger partial charge in [0, 0.05) is 53.5 Å². The van der Waals surface area contributed by atoms with Crippen molar-refractivity contribution in [1.29, 1.82) is 0 Å². The maximum Gasteiger partial charge on any atom is 0.291 e. The van der Waals surface area contributed by atoms with Crippen LogP contribution in [0.2, 0.25) is 0 Å². The second-order valence-corrected chi connectivity index (χ2v) is 17.5. The van der Waals surface area contributed by atoms with E-state index in [2.05, 4.69) is 44.1 Å². The molecule has 0 unspecified atom stereocenters. The number of sulfonamides is 1. The van der Waals surface area contributed by atoms with E-state index in [4.69, 9.17) is 0 Å². The Balaban J connectivity index is 1.40. The second-order valence-electron chi connectivity index (χ2n) is 12.0. The Bertz CT molecular complexity index is 2020. The highest BCUT2D eigenvalue weighted by Gasteiger charge is 2.39. The highest BCUT2D eigenvalue weighted by molar-refractivity contribution is 7.96. The van der Waals surface area contributed by atoms with Crippen molar-refractivity contribution >= 4 is 66.6 Å². The predicted octanol–water partition coefficient (Wildman–Crippen LogP) is 4.28. The van der Waals surface area contributed by atoms with Crippen LogP contribution in [0.15, 0.2) is 37.1 Å². The van der Waals surface area contributed by atoms with Gasteiger partial charge in [0.2, 0.25) is 0 Å². The third kappa shape index (κ3) is 6.92. The van der Waals surface area contributed by atoms with Crippen molar-refractivity contribution in [2.45, 2.75) is 67.7 Å². The molecule has 4 N–H and O–H groups in total. The topological polar surface area (TPSA) is 170 Å². The molecule has 2 aromatic heterocycles. The zero-order chi connectivity index (χ0) is 35.0. The van der Waals surface area contributed by atoms with E-state index in [0.29, 0.717) is 70.0 Å². The van der Waals surface area contributed by atoms with Gasteiger partial charge in [0.05, 0.1) is 16.4 Å². The van der Waals surface area contributed by atoms with E-state index in [9.17, 15) is 26.4 Å². The standard InChI is InChI=1S/C33H42N6O6S3/c1-7-34-28-14-19(4)47(42,43)33-25(28)17-29(46-33)48(44,45)36-18-22-10-11-26-23(15-22)24(31(40)38-26)16-27-20(5)30(21(6)37-27)32(41)35-12-13-39(8-2)9-3/h10-11,15-19,28,34,37H,7-9,12-14H2,1-6H3,(H,35,41)(H,38,40)/b24-16-,36-18+/t19-,28-/m0/s1. The third-order valence-electron chi connectivity index (χ3n) is 8.91. The van der Waals surface area contributed by atoms with E-state index in [-0.39, 0.29) is 26.3 Å². The second kappa shape index (κ2) is 14.1. The van der Waals surface area contributed by atoms with Crippen LogP contribution in [0.5, 0.6) is 0 Å². The first-order chi connectivity index (χ1) is 22.7. The van der Waals surface area contributed by atoms with Gasteiger partial charge in [-0.1, -0.05) is 26.8 Å². The van der Waals surface area contributed by atoms with Crippen molar-refractivity contribution in [3.63, 3.8) is 0 Å². The lowest BCUT2D eigenvalue weighted by Crippen LogP contribution is -2.35. The first-order valence-corrected chi connectivity index (χ1v) is 19.8. The normalized spacial score (nSPS) is 19.6. The number of benzene rings is 1. The highest BCUT2D eigenvalue weighted by Crippen LogP contribution is 2.43. The molecule has 0 saturated heterocycles. The zero-order valence-corrected chi connectivity index (χ0v) is 30.4. The molecule has 0 spiro atoms. The highest BCUT2D eigenvalue weighted by atomic mass is 32.3. The number of carbonyl (C=O) groups excluding carboxylic acids is 2. The summed E-state index contributed by atoms with van der Waals surface area (Å²) in [6.45, 7) is 15.0. The molecule has 0 bridgehead atoms. The van der Waals surface area contributed by atoms with Crippen LogP contribution in [0.25, 0.3) is 11.6 Å².